The second kappa shape index (κ2) is 8.96. The maximum Gasteiger partial charge on any atom is 0.339 e. The van der Waals surface area contributed by atoms with Gasteiger partial charge in [-0.05, 0) is 49.7 Å². The fraction of sp³-hybridized carbons (Fsp3) is 0.381. The number of benzene rings is 2. The highest BCUT2D eigenvalue weighted by atomic mass is 35.5. The molecule has 27 heavy (non-hydrogen) atoms. The molecule has 0 spiro atoms. The number of rotatable bonds is 5. The molecule has 0 radical (unpaired) electrons. The first-order valence-electron chi connectivity index (χ1n) is 9.23. The minimum absolute atomic E-state index is 0. The normalized spacial score (nSPS) is 19.4. The van der Waals surface area contributed by atoms with Crippen LogP contribution >= 0.6 is 24.0 Å². The average Bonchev–Trinajstić information content (AvgIpc) is 2.99. The summed E-state index contributed by atoms with van der Waals surface area (Å²) in [6, 6.07) is 15.8. The topological polar surface area (TPSA) is 32.8 Å². The molecule has 1 unspecified atom stereocenters. The molecule has 0 saturated carbocycles. The first kappa shape index (κ1) is 20.0. The van der Waals surface area contributed by atoms with Crippen molar-refractivity contribution in [3.8, 4) is 0 Å². The zero-order valence-electron chi connectivity index (χ0n) is 15.1. The minimum Gasteiger partial charge on any atom is -0.454 e. The predicted octanol–water partition coefficient (Wildman–Crippen LogP) is 4.58. The predicted molar refractivity (Wildman–Crippen MR) is 111 cm³/mol. The molecule has 0 amide bonds. The third kappa shape index (κ3) is 4.57. The number of anilines is 1. The number of halogens is 2. The number of carbonyl (C=O) groups excluding carboxylic acids is 1. The van der Waals surface area contributed by atoms with Crippen LogP contribution in [-0.4, -0.2) is 43.6 Å². The fourth-order valence-electron chi connectivity index (χ4n) is 3.82. The van der Waals surface area contributed by atoms with E-state index in [1.165, 1.54) is 5.69 Å². The van der Waals surface area contributed by atoms with Crippen LogP contribution in [-0.2, 0) is 4.74 Å². The summed E-state index contributed by atoms with van der Waals surface area (Å²) in [5, 5.41) is 0.779. The van der Waals surface area contributed by atoms with E-state index in [4.69, 9.17) is 16.3 Å². The van der Waals surface area contributed by atoms with E-state index < -0.39 is 0 Å². The van der Waals surface area contributed by atoms with Gasteiger partial charge in [0.15, 0.2) is 0 Å². The van der Waals surface area contributed by atoms with Crippen LogP contribution < -0.4 is 4.90 Å². The largest absolute Gasteiger partial charge is 0.454 e. The summed E-state index contributed by atoms with van der Waals surface area (Å²) < 4.78 is 5.53. The number of hydrogen-bond donors (Lipinski definition) is 0. The van der Waals surface area contributed by atoms with E-state index in [1.807, 2.05) is 36.4 Å². The Balaban J connectivity index is 0.00000210. The van der Waals surface area contributed by atoms with Gasteiger partial charge >= 0.3 is 5.97 Å². The maximum absolute atomic E-state index is 11.9. The van der Waals surface area contributed by atoms with Gasteiger partial charge in [-0.3, -0.25) is 4.90 Å². The Morgan fingerprint density at radius 2 is 1.70 bits per heavy atom. The van der Waals surface area contributed by atoms with Gasteiger partial charge in [-0.1, -0.05) is 29.8 Å². The zero-order chi connectivity index (χ0) is 17.9. The Kier molecular flexibility index (Phi) is 6.64. The maximum atomic E-state index is 11.9. The SMILES string of the molecule is Cl.O=C1OC(CCCN2CCN(c3ccc(Cl)cc3)CC2)c2ccccc21. The molecule has 0 aromatic heterocycles. The Morgan fingerprint density at radius 1 is 1.00 bits per heavy atom. The van der Waals surface area contributed by atoms with Crippen LogP contribution in [0.25, 0.3) is 0 Å². The van der Waals surface area contributed by atoms with E-state index in [2.05, 4.69) is 21.9 Å². The summed E-state index contributed by atoms with van der Waals surface area (Å²) in [7, 11) is 0. The molecule has 4 nitrogen and oxygen atoms in total. The molecule has 0 N–H and O–H groups in total. The van der Waals surface area contributed by atoms with Crippen molar-refractivity contribution < 1.29 is 9.53 Å². The zero-order valence-corrected chi connectivity index (χ0v) is 16.7. The molecule has 0 bridgehead atoms. The van der Waals surface area contributed by atoms with Crippen LogP contribution in [0.15, 0.2) is 48.5 Å². The quantitative estimate of drug-likeness (QED) is 0.680. The number of ether oxygens (including phenoxy) is 1. The lowest BCUT2D eigenvalue weighted by Crippen LogP contribution is -2.46. The van der Waals surface area contributed by atoms with Gasteiger partial charge in [0.25, 0.3) is 0 Å². The molecule has 2 heterocycles. The summed E-state index contributed by atoms with van der Waals surface area (Å²) in [6.07, 6.45) is 1.85. The van der Waals surface area contributed by atoms with Crippen molar-refractivity contribution in [2.45, 2.75) is 18.9 Å². The molecule has 0 aliphatic carbocycles. The van der Waals surface area contributed by atoms with Crippen LogP contribution in [0.2, 0.25) is 5.02 Å². The monoisotopic (exact) mass is 406 g/mol. The number of cyclic esters (lactones) is 1. The summed E-state index contributed by atoms with van der Waals surface area (Å²) in [4.78, 5) is 16.8. The molecular formula is C21H24Cl2N2O2. The second-order valence-corrected chi connectivity index (χ2v) is 7.36. The number of fused-ring (bicyclic) bond motifs is 1. The van der Waals surface area contributed by atoms with Crippen molar-refractivity contribution in [2.75, 3.05) is 37.6 Å². The van der Waals surface area contributed by atoms with Crippen LogP contribution in [0.4, 0.5) is 5.69 Å². The van der Waals surface area contributed by atoms with Crippen LogP contribution in [0.3, 0.4) is 0 Å². The molecule has 2 aromatic rings. The Bertz CT molecular complexity index is 774. The molecular weight excluding hydrogens is 383 g/mol. The van der Waals surface area contributed by atoms with Gasteiger partial charge in [0, 0.05) is 42.5 Å². The summed E-state index contributed by atoms with van der Waals surface area (Å²) in [6.45, 7) is 5.23. The number of nitrogens with zero attached hydrogens (tertiary/aromatic N) is 2. The highest BCUT2D eigenvalue weighted by Crippen LogP contribution is 2.33. The van der Waals surface area contributed by atoms with Gasteiger partial charge in [-0.25, -0.2) is 4.79 Å². The number of hydrogen-bond acceptors (Lipinski definition) is 4. The van der Waals surface area contributed by atoms with E-state index in [1.54, 1.807) is 0 Å². The molecule has 2 aliphatic rings. The summed E-state index contributed by atoms with van der Waals surface area (Å²) in [5.41, 5.74) is 3.02. The Hall–Kier alpha value is -1.75. The van der Waals surface area contributed by atoms with Gasteiger partial charge in [-0.2, -0.15) is 0 Å². The molecule has 144 valence electrons. The van der Waals surface area contributed by atoms with E-state index >= 15 is 0 Å². The van der Waals surface area contributed by atoms with Gasteiger partial charge in [0.05, 0.1) is 5.56 Å². The van der Waals surface area contributed by atoms with Crippen molar-refractivity contribution in [2.24, 2.45) is 0 Å². The smallest absolute Gasteiger partial charge is 0.339 e. The number of esters is 1. The third-order valence-corrected chi connectivity index (χ3v) is 5.53. The highest BCUT2D eigenvalue weighted by Gasteiger charge is 2.30. The lowest BCUT2D eigenvalue weighted by Gasteiger charge is -2.36. The number of piperazine rings is 1. The van der Waals surface area contributed by atoms with Crippen molar-refractivity contribution in [3.63, 3.8) is 0 Å². The summed E-state index contributed by atoms with van der Waals surface area (Å²) >= 11 is 5.97. The molecule has 1 fully saturated rings. The third-order valence-electron chi connectivity index (χ3n) is 5.28. The van der Waals surface area contributed by atoms with Gasteiger partial charge in [0.1, 0.15) is 6.10 Å². The van der Waals surface area contributed by atoms with E-state index in [0.29, 0.717) is 0 Å². The minimum atomic E-state index is -0.179. The van der Waals surface area contributed by atoms with Gasteiger partial charge < -0.3 is 9.64 Å². The Labute approximate surface area is 171 Å². The first-order chi connectivity index (χ1) is 12.7. The fourth-order valence-corrected chi connectivity index (χ4v) is 3.94. The standard InChI is InChI=1S/C21H23ClN2O2.ClH/c22-16-7-9-17(10-8-16)24-14-12-23(13-15-24)11-3-6-20-18-4-1-2-5-19(18)21(25)26-20;/h1-2,4-5,7-10,20H,3,6,11-15H2;1H. The van der Waals surface area contributed by atoms with E-state index in [9.17, 15) is 4.79 Å². The number of carbonyl (C=O) groups is 1. The van der Waals surface area contributed by atoms with Crippen LogP contribution in [0.5, 0.6) is 0 Å². The molecule has 2 aliphatic heterocycles. The van der Waals surface area contributed by atoms with Gasteiger partial charge in [-0.15, -0.1) is 12.4 Å². The average molecular weight is 407 g/mol. The summed E-state index contributed by atoms with van der Waals surface area (Å²) in [5.74, 6) is -0.179. The lowest BCUT2D eigenvalue weighted by molar-refractivity contribution is 0.0358. The molecule has 1 atom stereocenters. The van der Waals surface area contributed by atoms with Crippen molar-refractivity contribution in [1.29, 1.82) is 0 Å². The molecule has 2 aromatic carbocycles. The highest BCUT2D eigenvalue weighted by molar-refractivity contribution is 6.30. The van der Waals surface area contributed by atoms with E-state index in [-0.39, 0.29) is 24.5 Å². The molecule has 4 rings (SSSR count). The Morgan fingerprint density at radius 3 is 2.44 bits per heavy atom. The van der Waals surface area contributed by atoms with Crippen molar-refractivity contribution in [1.82, 2.24) is 4.90 Å². The van der Waals surface area contributed by atoms with E-state index in [0.717, 1.165) is 61.7 Å². The van der Waals surface area contributed by atoms with Crippen molar-refractivity contribution >= 4 is 35.7 Å². The molecule has 1 saturated heterocycles. The van der Waals surface area contributed by atoms with Crippen LogP contribution in [0, 0.1) is 0 Å². The molecule has 6 heteroatoms. The first-order valence-corrected chi connectivity index (χ1v) is 9.61. The second-order valence-electron chi connectivity index (χ2n) is 6.93. The van der Waals surface area contributed by atoms with Crippen LogP contribution in [0.1, 0.15) is 34.9 Å². The van der Waals surface area contributed by atoms with Gasteiger partial charge in [0.2, 0.25) is 0 Å². The lowest BCUT2D eigenvalue weighted by atomic mass is 10.0. The van der Waals surface area contributed by atoms with Crippen molar-refractivity contribution in [3.05, 3.63) is 64.7 Å².